The van der Waals surface area contributed by atoms with Gasteiger partial charge in [0.25, 0.3) is 0 Å². The molecule has 1 aliphatic rings. The van der Waals surface area contributed by atoms with E-state index in [1.807, 2.05) is 6.07 Å². The van der Waals surface area contributed by atoms with Gasteiger partial charge in [-0.3, -0.25) is 4.79 Å². The molecule has 0 aromatic heterocycles. The molecule has 0 spiro atoms. The van der Waals surface area contributed by atoms with Crippen molar-refractivity contribution in [3.05, 3.63) is 28.2 Å². The summed E-state index contributed by atoms with van der Waals surface area (Å²) in [5.74, 6) is -0.589. The minimum Gasteiger partial charge on any atom is -0.426 e. The molecule has 1 aromatic carbocycles. The second-order valence-electron chi connectivity index (χ2n) is 3.08. The van der Waals surface area contributed by atoms with Gasteiger partial charge in [-0.25, -0.2) is 0 Å². The van der Waals surface area contributed by atoms with Gasteiger partial charge in [-0.2, -0.15) is 0 Å². The van der Waals surface area contributed by atoms with Crippen molar-refractivity contribution in [2.24, 2.45) is 5.92 Å². The summed E-state index contributed by atoms with van der Waals surface area (Å²) in [5, 5.41) is 0. The number of halogens is 1. The molecule has 14 heavy (non-hydrogen) atoms. The van der Waals surface area contributed by atoms with Gasteiger partial charge in [-0.15, -0.1) is 0 Å². The van der Waals surface area contributed by atoms with Gasteiger partial charge in [0, 0.05) is 10.0 Å². The van der Waals surface area contributed by atoms with Crippen LogP contribution in [-0.4, -0.2) is 12.3 Å². The zero-order valence-corrected chi connectivity index (χ0v) is 8.78. The van der Waals surface area contributed by atoms with Crippen LogP contribution >= 0.6 is 15.9 Å². The molecule has 0 fully saturated rings. The summed E-state index contributed by atoms with van der Waals surface area (Å²) in [6, 6.07) is 5.37. The molecule has 0 radical (unpaired) electrons. The molecular weight excluding hydrogens is 248 g/mol. The van der Waals surface area contributed by atoms with E-state index in [1.165, 1.54) is 0 Å². The Balaban J connectivity index is 2.45. The molecule has 1 aliphatic heterocycles. The fourth-order valence-electron chi connectivity index (χ4n) is 1.42. The number of carbonyl (C=O) groups excluding carboxylic acids is 2. The largest absolute Gasteiger partial charge is 0.426 e. The van der Waals surface area contributed by atoms with E-state index in [0.717, 1.165) is 10.0 Å². The summed E-state index contributed by atoms with van der Waals surface area (Å²) < 4.78 is 5.89. The lowest BCUT2D eigenvalue weighted by Gasteiger charge is -2.20. The van der Waals surface area contributed by atoms with Crippen molar-refractivity contribution < 1.29 is 14.3 Å². The maximum Gasteiger partial charge on any atom is 0.321 e. The zero-order valence-electron chi connectivity index (χ0n) is 7.20. The average molecular weight is 255 g/mol. The first-order chi connectivity index (χ1) is 6.72. The molecule has 0 aliphatic carbocycles. The van der Waals surface area contributed by atoms with Crippen molar-refractivity contribution in [1.82, 2.24) is 0 Å². The van der Waals surface area contributed by atoms with Crippen molar-refractivity contribution in [2.45, 2.75) is 6.42 Å². The third kappa shape index (κ3) is 1.46. The minimum absolute atomic E-state index is 0.416. The van der Waals surface area contributed by atoms with Gasteiger partial charge in [0.05, 0.1) is 0 Å². The van der Waals surface area contributed by atoms with Crippen LogP contribution < -0.4 is 4.74 Å². The van der Waals surface area contributed by atoms with Crippen LogP contribution in [-0.2, 0) is 16.0 Å². The summed E-state index contributed by atoms with van der Waals surface area (Å²) in [6.45, 7) is 0. The molecule has 1 aromatic rings. The maximum atomic E-state index is 11.2. The Bertz CT molecular complexity index is 400. The van der Waals surface area contributed by atoms with Gasteiger partial charge in [-0.1, -0.05) is 22.0 Å². The number of ether oxygens (including phenoxy) is 1. The lowest BCUT2D eigenvalue weighted by Crippen LogP contribution is -2.28. The number of benzene rings is 1. The van der Waals surface area contributed by atoms with E-state index in [4.69, 9.17) is 4.74 Å². The Morgan fingerprint density at radius 1 is 1.50 bits per heavy atom. The molecule has 0 saturated carbocycles. The fourth-order valence-corrected chi connectivity index (χ4v) is 1.93. The highest BCUT2D eigenvalue weighted by Gasteiger charge is 2.28. The number of carbonyl (C=O) groups is 2. The van der Waals surface area contributed by atoms with Crippen LogP contribution in [0.15, 0.2) is 22.7 Å². The Kier molecular flexibility index (Phi) is 2.37. The van der Waals surface area contributed by atoms with Crippen LogP contribution in [0.1, 0.15) is 5.56 Å². The van der Waals surface area contributed by atoms with Crippen molar-refractivity contribution in [3.8, 4) is 5.75 Å². The van der Waals surface area contributed by atoms with Crippen LogP contribution in [0, 0.1) is 5.92 Å². The summed E-state index contributed by atoms with van der Waals surface area (Å²) in [7, 11) is 0. The van der Waals surface area contributed by atoms with E-state index in [1.54, 1.807) is 12.1 Å². The van der Waals surface area contributed by atoms with Crippen LogP contribution in [0.5, 0.6) is 5.75 Å². The van der Waals surface area contributed by atoms with E-state index in [9.17, 15) is 9.59 Å². The molecule has 1 heterocycles. The molecular formula is C10H7BrO3. The Morgan fingerprint density at radius 2 is 2.29 bits per heavy atom. The second-order valence-corrected chi connectivity index (χ2v) is 3.94. The smallest absolute Gasteiger partial charge is 0.321 e. The zero-order chi connectivity index (χ0) is 10.1. The molecule has 3 nitrogen and oxygen atoms in total. The molecule has 2 rings (SSSR count). The van der Waals surface area contributed by atoms with E-state index < -0.39 is 11.9 Å². The van der Waals surface area contributed by atoms with Gasteiger partial charge < -0.3 is 9.53 Å². The molecule has 4 heteroatoms. The van der Waals surface area contributed by atoms with Gasteiger partial charge in [0.1, 0.15) is 18.0 Å². The normalized spacial score (nSPS) is 19.8. The quantitative estimate of drug-likeness (QED) is 0.332. The van der Waals surface area contributed by atoms with Crippen molar-refractivity contribution in [2.75, 3.05) is 0 Å². The Labute approximate surface area is 89.2 Å². The van der Waals surface area contributed by atoms with Crippen LogP contribution in [0.4, 0.5) is 0 Å². The lowest BCUT2D eigenvalue weighted by molar-refractivity contribution is -0.142. The van der Waals surface area contributed by atoms with Crippen LogP contribution in [0.3, 0.4) is 0 Å². The van der Waals surface area contributed by atoms with Crippen LogP contribution in [0.25, 0.3) is 0 Å². The second kappa shape index (κ2) is 3.53. The minimum atomic E-state index is -0.666. The van der Waals surface area contributed by atoms with E-state index >= 15 is 0 Å². The monoisotopic (exact) mass is 254 g/mol. The van der Waals surface area contributed by atoms with Crippen molar-refractivity contribution >= 4 is 28.2 Å². The van der Waals surface area contributed by atoms with Gasteiger partial charge in [0.15, 0.2) is 0 Å². The van der Waals surface area contributed by atoms with Crippen molar-refractivity contribution in [3.63, 3.8) is 0 Å². The van der Waals surface area contributed by atoms with Gasteiger partial charge in [0.2, 0.25) is 0 Å². The number of rotatable bonds is 1. The van der Waals surface area contributed by atoms with Crippen molar-refractivity contribution in [1.29, 1.82) is 0 Å². The highest BCUT2D eigenvalue weighted by molar-refractivity contribution is 9.10. The SMILES string of the molecule is O=CC1Cc2c(Br)cccc2OC1=O. The first-order valence-electron chi connectivity index (χ1n) is 4.16. The molecule has 0 bridgehead atoms. The standard InChI is InChI=1S/C10H7BrO3/c11-8-2-1-3-9-7(8)4-6(5-12)10(13)14-9/h1-3,5-6H,4H2. The van der Waals surface area contributed by atoms with Gasteiger partial charge in [-0.05, 0) is 18.6 Å². The fraction of sp³-hybridized carbons (Fsp3) is 0.200. The average Bonchev–Trinajstić information content (AvgIpc) is 2.17. The number of hydrogen-bond acceptors (Lipinski definition) is 3. The summed E-state index contributed by atoms with van der Waals surface area (Å²) >= 11 is 3.35. The van der Waals surface area contributed by atoms with Crippen LogP contribution in [0.2, 0.25) is 0 Å². The van der Waals surface area contributed by atoms with E-state index in [-0.39, 0.29) is 0 Å². The summed E-state index contributed by atoms with van der Waals surface area (Å²) in [4.78, 5) is 21.8. The first-order valence-corrected chi connectivity index (χ1v) is 4.96. The third-order valence-electron chi connectivity index (χ3n) is 2.18. The Hall–Kier alpha value is -1.16. The molecule has 1 atom stereocenters. The molecule has 0 amide bonds. The molecule has 0 N–H and O–H groups in total. The van der Waals surface area contributed by atoms with E-state index in [0.29, 0.717) is 18.5 Å². The topological polar surface area (TPSA) is 43.4 Å². The Morgan fingerprint density at radius 3 is 3.00 bits per heavy atom. The summed E-state index contributed by atoms with van der Waals surface area (Å²) in [5.41, 5.74) is 0.879. The highest BCUT2D eigenvalue weighted by atomic mass is 79.9. The predicted octanol–water partition coefficient (Wildman–Crippen LogP) is 1.73. The van der Waals surface area contributed by atoms with Gasteiger partial charge >= 0.3 is 5.97 Å². The molecule has 1 unspecified atom stereocenters. The number of esters is 1. The summed E-state index contributed by atoms with van der Waals surface area (Å²) in [6.07, 6.45) is 1.05. The number of aldehydes is 1. The molecule has 72 valence electrons. The first kappa shape index (κ1) is 9.40. The third-order valence-corrected chi connectivity index (χ3v) is 2.92. The molecule has 0 saturated heterocycles. The van der Waals surface area contributed by atoms with E-state index in [2.05, 4.69) is 15.9 Å². The predicted molar refractivity (Wildman–Crippen MR) is 53.0 cm³/mol. The number of fused-ring (bicyclic) bond motifs is 1. The number of hydrogen-bond donors (Lipinski definition) is 0. The highest BCUT2D eigenvalue weighted by Crippen LogP contribution is 2.32. The maximum absolute atomic E-state index is 11.2. The lowest BCUT2D eigenvalue weighted by atomic mass is 9.97.